The topological polar surface area (TPSA) is 32.3 Å². The van der Waals surface area contributed by atoms with Crippen molar-refractivity contribution in [3.05, 3.63) is 65.5 Å². The normalized spacial score (nSPS) is 12.2. The Labute approximate surface area is 106 Å². The van der Waals surface area contributed by atoms with Gasteiger partial charge in [-0.25, -0.2) is 4.39 Å². The monoisotopic (exact) mass is 245 g/mol. The van der Waals surface area contributed by atoms with Gasteiger partial charge < -0.3 is 10.4 Å². The van der Waals surface area contributed by atoms with E-state index >= 15 is 0 Å². The van der Waals surface area contributed by atoms with E-state index in [0.717, 1.165) is 16.8 Å². The molecule has 0 heterocycles. The molecule has 18 heavy (non-hydrogen) atoms. The minimum Gasteiger partial charge on any atom is -0.389 e. The summed E-state index contributed by atoms with van der Waals surface area (Å²) >= 11 is 0. The average Bonchev–Trinajstić information content (AvgIpc) is 2.38. The van der Waals surface area contributed by atoms with Crippen LogP contribution in [-0.2, 0) is 6.54 Å². The van der Waals surface area contributed by atoms with Crippen molar-refractivity contribution in [2.45, 2.75) is 19.6 Å². The van der Waals surface area contributed by atoms with E-state index in [9.17, 15) is 9.50 Å². The van der Waals surface area contributed by atoms with E-state index < -0.39 is 6.10 Å². The van der Waals surface area contributed by atoms with Gasteiger partial charge in [-0.3, -0.25) is 0 Å². The summed E-state index contributed by atoms with van der Waals surface area (Å²) in [6, 6.07) is 14.0. The van der Waals surface area contributed by atoms with Crippen molar-refractivity contribution in [3.8, 4) is 0 Å². The summed E-state index contributed by atoms with van der Waals surface area (Å²) in [4.78, 5) is 0. The van der Waals surface area contributed by atoms with Crippen LogP contribution in [-0.4, -0.2) is 5.11 Å². The van der Waals surface area contributed by atoms with Gasteiger partial charge in [0.2, 0.25) is 0 Å². The number of nitrogens with one attached hydrogen (secondary N) is 1. The number of aliphatic hydroxyl groups excluding tert-OH is 1. The van der Waals surface area contributed by atoms with Gasteiger partial charge in [-0.1, -0.05) is 24.3 Å². The molecule has 94 valence electrons. The minimum atomic E-state index is -0.448. The van der Waals surface area contributed by atoms with Crippen LogP contribution >= 0.6 is 0 Å². The number of rotatable bonds is 4. The number of aliphatic hydroxyl groups is 1. The van der Waals surface area contributed by atoms with Gasteiger partial charge in [-0.05, 0) is 42.3 Å². The highest BCUT2D eigenvalue weighted by molar-refractivity contribution is 5.45. The largest absolute Gasteiger partial charge is 0.389 e. The first kappa shape index (κ1) is 12.6. The van der Waals surface area contributed by atoms with Gasteiger partial charge in [0.1, 0.15) is 5.82 Å². The van der Waals surface area contributed by atoms with Crippen molar-refractivity contribution < 1.29 is 9.50 Å². The first-order chi connectivity index (χ1) is 8.65. The quantitative estimate of drug-likeness (QED) is 0.864. The van der Waals surface area contributed by atoms with Crippen LogP contribution in [0.1, 0.15) is 24.2 Å². The molecule has 0 aliphatic heterocycles. The van der Waals surface area contributed by atoms with E-state index in [2.05, 4.69) is 5.32 Å². The molecule has 0 amide bonds. The molecule has 1 atom stereocenters. The van der Waals surface area contributed by atoms with Crippen LogP contribution in [0.2, 0.25) is 0 Å². The van der Waals surface area contributed by atoms with Gasteiger partial charge in [0, 0.05) is 12.2 Å². The fourth-order valence-corrected chi connectivity index (χ4v) is 1.69. The zero-order valence-electron chi connectivity index (χ0n) is 10.2. The molecule has 2 aromatic rings. The predicted molar refractivity (Wildman–Crippen MR) is 70.8 cm³/mol. The fourth-order valence-electron chi connectivity index (χ4n) is 1.69. The third-order valence-corrected chi connectivity index (χ3v) is 2.80. The lowest BCUT2D eigenvalue weighted by Gasteiger charge is -2.09. The molecule has 0 spiro atoms. The molecule has 0 aromatic heterocycles. The Hall–Kier alpha value is -1.87. The lowest BCUT2D eigenvalue weighted by atomic mass is 10.1. The van der Waals surface area contributed by atoms with Crippen LogP contribution in [0, 0.1) is 5.82 Å². The number of hydrogen-bond donors (Lipinski definition) is 2. The number of hydrogen-bond acceptors (Lipinski definition) is 2. The number of benzene rings is 2. The van der Waals surface area contributed by atoms with Crippen molar-refractivity contribution in [1.82, 2.24) is 0 Å². The van der Waals surface area contributed by atoms with Gasteiger partial charge in [-0.15, -0.1) is 0 Å². The molecule has 1 unspecified atom stereocenters. The molecule has 0 radical (unpaired) electrons. The molecule has 0 saturated carbocycles. The smallest absolute Gasteiger partial charge is 0.123 e. The molecule has 2 rings (SSSR count). The van der Waals surface area contributed by atoms with E-state index in [1.807, 2.05) is 24.3 Å². The number of halogens is 1. The van der Waals surface area contributed by atoms with Gasteiger partial charge in [-0.2, -0.15) is 0 Å². The minimum absolute atomic E-state index is 0.222. The Morgan fingerprint density at radius 1 is 1.06 bits per heavy atom. The van der Waals surface area contributed by atoms with Crippen molar-refractivity contribution in [2.24, 2.45) is 0 Å². The summed E-state index contributed by atoms with van der Waals surface area (Å²) in [5.74, 6) is -0.222. The highest BCUT2D eigenvalue weighted by Crippen LogP contribution is 2.16. The van der Waals surface area contributed by atoms with Crippen molar-refractivity contribution in [3.63, 3.8) is 0 Å². The standard InChI is InChI=1S/C15H16FNO/c1-11(18)13-4-8-15(9-5-13)17-10-12-2-6-14(16)7-3-12/h2-9,11,17-18H,10H2,1H3. The Morgan fingerprint density at radius 3 is 2.22 bits per heavy atom. The lowest BCUT2D eigenvalue weighted by Crippen LogP contribution is -1.99. The average molecular weight is 245 g/mol. The van der Waals surface area contributed by atoms with Crippen LogP contribution in [0.4, 0.5) is 10.1 Å². The SMILES string of the molecule is CC(O)c1ccc(NCc2ccc(F)cc2)cc1. The van der Waals surface area contributed by atoms with Crippen LogP contribution < -0.4 is 5.32 Å². The second kappa shape index (κ2) is 5.65. The Morgan fingerprint density at radius 2 is 1.67 bits per heavy atom. The lowest BCUT2D eigenvalue weighted by molar-refractivity contribution is 0.199. The highest BCUT2D eigenvalue weighted by atomic mass is 19.1. The summed E-state index contributed by atoms with van der Waals surface area (Å²) in [5, 5.41) is 12.6. The Kier molecular flexibility index (Phi) is 3.95. The zero-order valence-corrected chi connectivity index (χ0v) is 10.2. The molecule has 2 N–H and O–H groups in total. The van der Waals surface area contributed by atoms with Crippen LogP contribution in [0.3, 0.4) is 0 Å². The van der Waals surface area contributed by atoms with E-state index in [1.165, 1.54) is 12.1 Å². The Bertz CT molecular complexity index is 491. The van der Waals surface area contributed by atoms with Gasteiger partial charge in [0.15, 0.2) is 0 Å². The zero-order chi connectivity index (χ0) is 13.0. The predicted octanol–water partition coefficient (Wildman–Crippen LogP) is 3.49. The summed E-state index contributed by atoms with van der Waals surface area (Å²) in [7, 11) is 0. The molecule has 0 aliphatic carbocycles. The van der Waals surface area contributed by atoms with Crippen LogP contribution in [0.25, 0.3) is 0 Å². The highest BCUT2D eigenvalue weighted by Gasteiger charge is 2.00. The van der Waals surface area contributed by atoms with Crippen LogP contribution in [0.15, 0.2) is 48.5 Å². The van der Waals surface area contributed by atoms with Crippen molar-refractivity contribution >= 4 is 5.69 Å². The molecular weight excluding hydrogens is 229 g/mol. The summed E-state index contributed by atoms with van der Waals surface area (Å²) in [6.07, 6.45) is -0.448. The van der Waals surface area contributed by atoms with Gasteiger partial charge >= 0.3 is 0 Å². The molecule has 2 aromatic carbocycles. The molecule has 0 aliphatic rings. The van der Waals surface area contributed by atoms with E-state index in [-0.39, 0.29) is 5.82 Å². The maximum Gasteiger partial charge on any atom is 0.123 e. The molecule has 2 nitrogen and oxygen atoms in total. The third-order valence-electron chi connectivity index (χ3n) is 2.80. The van der Waals surface area contributed by atoms with Crippen molar-refractivity contribution in [1.29, 1.82) is 0 Å². The Balaban J connectivity index is 1.95. The maximum absolute atomic E-state index is 12.7. The van der Waals surface area contributed by atoms with Gasteiger partial charge in [0.25, 0.3) is 0 Å². The molecular formula is C15H16FNO. The van der Waals surface area contributed by atoms with Crippen LogP contribution in [0.5, 0.6) is 0 Å². The first-order valence-corrected chi connectivity index (χ1v) is 5.91. The van der Waals surface area contributed by atoms with Crippen molar-refractivity contribution in [2.75, 3.05) is 5.32 Å². The molecule has 0 bridgehead atoms. The first-order valence-electron chi connectivity index (χ1n) is 5.91. The number of anilines is 1. The van der Waals surface area contributed by atoms with Gasteiger partial charge in [0.05, 0.1) is 6.10 Å². The molecule has 3 heteroatoms. The maximum atomic E-state index is 12.7. The second-order valence-electron chi connectivity index (χ2n) is 4.28. The van der Waals surface area contributed by atoms with E-state index in [0.29, 0.717) is 6.54 Å². The van der Waals surface area contributed by atoms with E-state index in [1.54, 1.807) is 19.1 Å². The van der Waals surface area contributed by atoms with E-state index in [4.69, 9.17) is 0 Å². The fraction of sp³-hybridized carbons (Fsp3) is 0.200. The second-order valence-corrected chi connectivity index (χ2v) is 4.28. The molecule has 0 saturated heterocycles. The summed E-state index contributed by atoms with van der Waals surface area (Å²) < 4.78 is 12.7. The molecule has 0 fully saturated rings. The summed E-state index contributed by atoms with van der Waals surface area (Å²) in [5.41, 5.74) is 2.89. The summed E-state index contributed by atoms with van der Waals surface area (Å²) in [6.45, 7) is 2.38. The third kappa shape index (κ3) is 3.31.